The number of hydrogen-bond donors (Lipinski definition) is 1. The van der Waals surface area contributed by atoms with Crippen LogP contribution < -0.4 is 0 Å². The van der Waals surface area contributed by atoms with Gasteiger partial charge in [-0.05, 0) is 50.5 Å². The third-order valence-electron chi connectivity index (χ3n) is 8.12. The number of unbranched alkanes of at least 4 members (excludes halogenated alkanes) is 3. The first-order chi connectivity index (χ1) is 20.0. The number of azide groups is 1. The summed E-state index contributed by atoms with van der Waals surface area (Å²) in [4.78, 5) is 15.2. The number of carbonyl (C=O) groups is 1. The van der Waals surface area contributed by atoms with Gasteiger partial charge in [-0.2, -0.15) is 0 Å². The van der Waals surface area contributed by atoms with Gasteiger partial charge < -0.3 is 38.3 Å². The molecule has 0 radical (unpaired) electrons. The normalized spacial score (nSPS) is 35.6. The number of aliphatic hydroxyl groups is 1. The topological polar surface area (TPSA) is 151 Å². The quantitative estimate of drug-likeness (QED) is 0.0858. The van der Waals surface area contributed by atoms with Gasteiger partial charge in [-0.25, -0.2) is 0 Å². The molecule has 0 aromatic rings. The van der Waals surface area contributed by atoms with Crippen LogP contribution in [0.25, 0.3) is 10.4 Å². The van der Waals surface area contributed by atoms with Crippen molar-refractivity contribution in [3.8, 4) is 0 Å². The molecule has 3 aliphatic rings. The van der Waals surface area contributed by atoms with Crippen molar-refractivity contribution < 1.29 is 43.1 Å². The molecule has 12 heteroatoms. The summed E-state index contributed by atoms with van der Waals surface area (Å²) in [6.07, 6.45) is 2.43. The fraction of sp³-hybridized carbons (Fsp3) is 0.966. The lowest BCUT2D eigenvalue weighted by Gasteiger charge is -2.49. The highest BCUT2D eigenvalue weighted by molar-refractivity contribution is 5.72. The lowest BCUT2D eigenvalue weighted by molar-refractivity contribution is -0.344. The third kappa shape index (κ3) is 9.49. The number of methoxy groups -OCH3 is 1. The lowest BCUT2D eigenvalue weighted by atomic mass is 9.82. The molecule has 0 aromatic heterocycles. The van der Waals surface area contributed by atoms with Crippen molar-refractivity contribution >= 4 is 5.97 Å². The average Bonchev–Trinajstić information content (AvgIpc) is 3.51. The van der Waals surface area contributed by atoms with E-state index in [0.29, 0.717) is 26.4 Å². The van der Waals surface area contributed by atoms with Crippen molar-refractivity contribution in [1.29, 1.82) is 0 Å². The molecule has 0 bridgehead atoms. The summed E-state index contributed by atoms with van der Waals surface area (Å²) in [5.74, 6) is -1.06. The van der Waals surface area contributed by atoms with Crippen LogP contribution in [0.3, 0.4) is 0 Å². The summed E-state index contributed by atoms with van der Waals surface area (Å²) in [6, 6.07) is -0.799. The summed E-state index contributed by atoms with van der Waals surface area (Å²) in [6.45, 7) is 8.53. The van der Waals surface area contributed by atoms with E-state index < -0.39 is 60.8 Å². The maximum absolute atomic E-state index is 12.3. The minimum absolute atomic E-state index is 0.122. The molecule has 41 heavy (non-hydrogen) atoms. The predicted octanol–water partition coefficient (Wildman–Crippen LogP) is 4.45. The van der Waals surface area contributed by atoms with Gasteiger partial charge in [0.25, 0.3) is 0 Å². The average molecular weight is 586 g/mol. The molecule has 2 saturated heterocycles. The van der Waals surface area contributed by atoms with E-state index in [9.17, 15) is 15.4 Å². The van der Waals surface area contributed by atoms with Gasteiger partial charge in [0.2, 0.25) is 0 Å². The van der Waals surface area contributed by atoms with E-state index >= 15 is 0 Å². The number of esters is 1. The summed E-state index contributed by atoms with van der Waals surface area (Å²) >= 11 is 0. The van der Waals surface area contributed by atoms with Crippen LogP contribution in [0.5, 0.6) is 0 Å². The van der Waals surface area contributed by atoms with Crippen LogP contribution in [-0.4, -0.2) is 99.7 Å². The number of nitrogens with zero attached hydrogens (tertiary/aromatic N) is 3. The van der Waals surface area contributed by atoms with Crippen LogP contribution in [0, 0.1) is 5.92 Å². The second kappa shape index (κ2) is 18.2. The highest BCUT2D eigenvalue weighted by Crippen LogP contribution is 2.37. The molecule has 0 aromatic carbocycles. The second-order valence-corrected chi connectivity index (χ2v) is 11.2. The van der Waals surface area contributed by atoms with Gasteiger partial charge in [-0.1, -0.05) is 45.1 Å². The van der Waals surface area contributed by atoms with Crippen LogP contribution in [0.2, 0.25) is 0 Å². The number of carbonyl (C=O) groups excluding carboxylic acids is 1. The highest BCUT2D eigenvalue weighted by Gasteiger charge is 2.53. The first-order valence-electron chi connectivity index (χ1n) is 15.6. The zero-order chi connectivity index (χ0) is 29.6. The van der Waals surface area contributed by atoms with E-state index in [1.807, 2.05) is 0 Å². The first kappa shape index (κ1) is 34.0. The van der Waals surface area contributed by atoms with Crippen molar-refractivity contribution in [2.75, 3.05) is 33.5 Å². The Hall–Kier alpha value is -1.50. The number of hydrogen-bond acceptors (Lipinski definition) is 10. The Kier molecular flexibility index (Phi) is 15.1. The van der Waals surface area contributed by atoms with Gasteiger partial charge in [0.15, 0.2) is 6.29 Å². The van der Waals surface area contributed by atoms with Crippen molar-refractivity contribution in [3.05, 3.63) is 10.4 Å². The lowest BCUT2D eigenvalue weighted by Crippen LogP contribution is -2.65. The largest absolute Gasteiger partial charge is 0.469 e. The first-order valence-corrected chi connectivity index (χ1v) is 15.6. The highest BCUT2D eigenvalue weighted by atomic mass is 16.7. The Balaban J connectivity index is 1.93. The van der Waals surface area contributed by atoms with Crippen LogP contribution in [0.4, 0.5) is 0 Å². The van der Waals surface area contributed by atoms with Crippen LogP contribution in [0.1, 0.15) is 85.0 Å². The summed E-state index contributed by atoms with van der Waals surface area (Å²) in [5.41, 5.74) is 9.29. The Morgan fingerprint density at radius 3 is 2.15 bits per heavy atom. The van der Waals surface area contributed by atoms with E-state index in [1.165, 1.54) is 7.11 Å². The Morgan fingerprint density at radius 1 is 0.951 bits per heavy atom. The van der Waals surface area contributed by atoms with Gasteiger partial charge in [-0.3, -0.25) is 4.79 Å². The van der Waals surface area contributed by atoms with E-state index in [0.717, 1.165) is 51.4 Å². The Morgan fingerprint density at radius 2 is 1.59 bits per heavy atom. The van der Waals surface area contributed by atoms with Crippen molar-refractivity contribution in [3.63, 3.8) is 0 Å². The monoisotopic (exact) mass is 585 g/mol. The van der Waals surface area contributed by atoms with E-state index in [1.54, 1.807) is 0 Å². The molecule has 2 heterocycles. The maximum Gasteiger partial charge on any atom is 0.308 e. The van der Waals surface area contributed by atoms with E-state index in [-0.39, 0.29) is 18.9 Å². The van der Waals surface area contributed by atoms with E-state index in [2.05, 4.69) is 30.8 Å². The molecule has 3 rings (SSSR count). The van der Waals surface area contributed by atoms with Gasteiger partial charge in [0.05, 0.1) is 37.4 Å². The van der Waals surface area contributed by atoms with Crippen LogP contribution in [0.15, 0.2) is 5.11 Å². The zero-order valence-electron chi connectivity index (χ0n) is 25.2. The predicted molar refractivity (Wildman–Crippen MR) is 150 cm³/mol. The summed E-state index contributed by atoms with van der Waals surface area (Å²) in [7, 11) is 1.30. The molecule has 2 aliphatic heterocycles. The molecular formula is C29H51N3O9. The Bertz CT molecular complexity index is 808. The molecule has 0 spiro atoms. The standard InChI is InChI=1S/C29H51N3O9/c1-5-8-13-37-25-24(22-12-11-16-36-22)41-29(27(39-15-10-7-3)26(25)38-14-9-6-2)40-23-20(31-32-30)17-19(18-21(23)33)28(34)35-4/h19-27,29,33H,5-18H2,1-4H3. The number of ether oxygens (including phenoxy) is 7. The molecule has 1 saturated carbocycles. The van der Waals surface area contributed by atoms with E-state index in [4.69, 9.17) is 33.2 Å². The van der Waals surface area contributed by atoms with Gasteiger partial charge in [0, 0.05) is 31.3 Å². The van der Waals surface area contributed by atoms with Crippen LogP contribution >= 0.6 is 0 Å². The molecule has 1 aliphatic carbocycles. The number of rotatable bonds is 17. The molecular weight excluding hydrogens is 534 g/mol. The third-order valence-corrected chi connectivity index (χ3v) is 8.12. The summed E-state index contributed by atoms with van der Waals surface area (Å²) < 4.78 is 43.5. The van der Waals surface area contributed by atoms with Crippen molar-refractivity contribution in [1.82, 2.24) is 0 Å². The molecule has 12 nitrogen and oxygen atoms in total. The van der Waals surface area contributed by atoms with Crippen LogP contribution in [-0.2, 0) is 38.0 Å². The van der Waals surface area contributed by atoms with Gasteiger partial charge >= 0.3 is 5.97 Å². The van der Waals surface area contributed by atoms with Crippen molar-refractivity contribution in [2.24, 2.45) is 11.0 Å². The summed E-state index contributed by atoms with van der Waals surface area (Å²) in [5, 5.41) is 15.0. The fourth-order valence-corrected chi connectivity index (χ4v) is 5.83. The molecule has 10 unspecified atom stereocenters. The maximum atomic E-state index is 12.3. The molecule has 236 valence electrons. The molecule has 3 fully saturated rings. The minimum Gasteiger partial charge on any atom is -0.469 e. The fourth-order valence-electron chi connectivity index (χ4n) is 5.83. The molecule has 1 N–H and O–H groups in total. The smallest absolute Gasteiger partial charge is 0.308 e. The van der Waals surface area contributed by atoms with Gasteiger partial charge in [-0.15, -0.1) is 0 Å². The zero-order valence-corrected chi connectivity index (χ0v) is 25.2. The Labute approximate surface area is 244 Å². The number of aliphatic hydroxyl groups excluding tert-OH is 1. The van der Waals surface area contributed by atoms with Crippen molar-refractivity contribution in [2.45, 2.75) is 140 Å². The minimum atomic E-state index is -1.08. The van der Waals surface area contributed by atoms with Gasteiger partial charge in [0.1, 0.15) is 24.4 Å². The molecule has 0 amide bonds. The molecule has 10 atom stereocenters. The second-order valence-electron chi connectivity index (χ2n) is 11.2. The SMILES string of the molecule is CCCCOC1C(OC2C(O)CC(C(=O)OC)CC2N=[N+]=[N-])OC(C2CCCO2)C(OCCCC)C1OCCCC.